The molecule has 0 amide bonds. The Bertz CT molecular complexity index is 665. The molecule has 0 aliphatic heterocycles. The molecule has 0 bridgehead atoms. The standard InChI is InChI=1S/C11H7BrFN3S/c12-5-3-8-9(4-6(5)13)16-11(15-8)10-7(14)1-2-17-10/h1-4H,14H2,(H,15,16). The third-order valence-corrected chi connectivity index (χ3v) is 3.98. The van der Waals surface area contributed by atoms with Gasteiger partial charge in [-0.2, -0.15) is 0 Å². The molecule has 2 heterocycles. The number of hydrogen-bond donors (Lipinski definition) is 2. The molecule has 0 unspecified atom stereocenters. The monoisotopic (exact) mass is 311 g/mol. The van der Waals surface area contributed by atoms with Crippen LogP contribution in [0.15, 0.2) is 28.1 Å². The second-order valence-corrected chi connectivity index (χ2v) is 5.34. The summed E-state index contributed by atoms with van der Waals surface area (Å²) in [6.45, 7) is 0. The minimum absolute atomic E-state index is 0.313. The van der Waals surface area contributed by atoms with Gasteiger partial charge in [0, 0.05) is 6.07 Å². The Morgan fingerprint density at radius 3 is 2.94 bits per heavy atom. The number of thiophene rings is 1. The molecule has 1 aromatic carbocycles. The second kappa shape index (κ2) is 3.82. The highest BCUT2D eigenvalue weighted by atomic mass is 79.9. The van der Waals surface area contributed by atoms with E-state index in [9.17, 15) is 4.39 Å². The number of aromatic nitrogens is 2. The van der Waals surface area contributed by atoms with Gasteiger partial charge in [-0.25, -0.2) is 9.37 Å². The summed E-state index contributed by atoms with van der Waals surface area (Å²) in [5, 5.41) is 1.90. The van der Waals surface area contributed by atoms with Gasteiger partial charge in [-0.05, 0) is 33.4 Å². The predicted octanol–water partition coefficient (Wildman–Crippen LogP) is 3.78. The molecule has 3 N–H and O–H groups in total. The van der Waals surface area contributed by atoms with Crippen molar-refractivity contribution in [3.8, 4) is 10.7 Å². The highest BCUT2D eigenvalue weighted by Gasteiger charge is 2.11. The van der Waals surface area contributed by atoms with E-state index in [1.807, 2.05) is 11.4 Å². The summed E-state index contributed by atoms with van der Waals surface area (Å²) in [4.78, 5) is 8.33. The van der Waals surface area contributed by atoms with E-state index in [-0.39, 0.29) is 5.82 Å². The highest BCUT2D eigenvalue weighted by Crippen LogP contribution is 2.31. The Kier molecular flexibility index (Phi) is 2.41. The van der Waals surface area contributed by atoms with Crippen LogP contribution in [0.1, 0.15) is 0 Å². The molecule has 3 aromatic rings. The normalized spacial score (nSPS) is 11.2. The first-order chi connectivity index (χ1) is 8.15. The van der Waals surface area contributed by atoms with Gasteiger partial charge in [0.25, 0.3) is 0 Å². The summed E-state index contributed by atoms with van der Waals surface area (Å²) in [6, 6.07) is 4.89. The van der Waals surface area contributed by atoms with E-state index >= 15 is 0 Å². The van der Waals surface area contributed by atoms with E-state index in [0.717, 1.165) is 4.88 Å². The number of nitrogens with one attached hydrogen (secondary N) is 1. The number of rotatable bonds is 1. The molecular formula is C11H7BrFN3S. The molecule has 17 heavy (non-hydrogen) atoms. The zero-order valence-corrected chi connectivity index (χ0v) is 10.9. The first kappa shape index (κ1) is 10.7. The Morgan fingerprint density at radius 1 is 1.41 bits per heavy atom. The molecule has 0 atom stereocenters. The summed E-state index contributed by atoms with van der Waals surface area (Å²) < 4.78 is 13.8. The summed E-state index contributed by atoms with van der Waals surface area (Å²) in [5.41, 5.74) is 7.87. The maximum absolute atomic E-state index is 13.4. The van der Waals surface area contributed by atoms with Crippen molar-refractivity contribution in [1.82, 2.24) is 9.97 Å². The number of benzene rings is 1. The van der Waals surface area contributed by atoms with Gasteiger partial charge in [0.15, 0.2) is 5.82 Å². The maximum Gasteiger partial charge on any atom is 0.150 e. The predicted molar refractivity (Wildman–Crippen MR) is 71.5 cm³/mol. The number of hydrogen-bond acceptors (Lipinski definition) is 3. The second-order valence-electron chi connectivity index (χ2n) is 3.57. The molecule has 0 saturated heterocycles. The van der Waals surface area contributed by atoms with Crippen LogP contribution in [0, 0.1) is 5.82 Å². The molecule has 6 heteroatoms. The lowest BCUT2D eigenvalue weighted by Crippen LogP contribution is -1.84. The van der Waals surface area contributed by atoms with E-state index < -0.39 is 0 Å². The fraction of sp³-hybridized carbons (Fsp3) is 0. The summed E-state index contributed by atoms with van der Waals surface area (Å²) in [5.74, 6) is 0.358. The third-order valence-electron chi connectivity index (χ3n) is 2.43. The smallest absolute Gasteiger partial charge is 0.150 e. The zero-order chi connectivity index (χ0) is 12.0. The van der Waals surface area contributed by atoms with Crippen molar-refractivity contribution in [2.45, 2.75) is 0 Å². The van der Waals surface area contributed by atoms with Gasteiger partial charge in [-0.15, -0.1) is 11.3 Å². The first-order valence-electron chi connectivity index (χ1n) is 4.83. The molecule has 0 saturated carbocycles. The van der Waals surface area contributed by atoms with Crippen molar-refractivity contribution in [2.75, 3.05) is 5.73 Å². The van der Waals surface area contributed by atoms with Crippen LogP contribution in [0.4, 0.5) is 10.1 Å². The first-order valence-corrected chi connectivity index (χ1v) is 6.50. The summed E-state index contributed by atoms with van der Waals surface area (Å²) >= 11 is 4.64. The van der Waals surface area contributed by atoms with Crippen LogP contribution in [0.5, 0.6) is 0 Å². The Hall–Kier alpha value is -1.40. The topological polar surface area (TPSA) is 54.7 Å². The Balaban J connectivity index is 2.24. The van der Waals surface area contributed by atoms with E-state index in [1.165, 1.54) is 17.4 Å². The van der Waals surface area contributed by atoms with Gasteiger partial charge in [0.2, 0.25) is 0 Å². The Morgan fingerprint density at radius 2 is 2.24 bits per heavy atom. The van der Waals surface area contributed by atoms with E-state index in [1.54, 1.807) is 6.07 Å². The lowest BCUT2D eigenvalue weighted by atomic mass is 10.3. The van der Waals surface area contributed by atoms with Crippen LogP contribution < -0.4 is 5.73 Å². The molecule has 2 aromatic heterocycles. The number of anilines is 1. The lowest BCUT2D eigenvalue weighted by Gasteiger charge is -1.92. The van der Waals surface area contributed by atoms with Crippen molar-refractivity contribution in [3.63, 3.8) is 0 Å². The number of aromatic amines is 1. The van der Waals surface area contributed by atoms with Gasteiger partial charge >= 0.3 is 0 Å². The quantitative estimate of drug-likeness (QED) is 0.718. The molecule has 0 radical (unpaired) electrons. The Labute approximate surface area is 109 Å². The molecule has 86 valence electrons. The minimum atomic E-state index is -0.313. The van der Waals surface area contributed by atoms with Crippen molar-refractivity contribution >= 4 is 44.0 Å². The number of halogens is 2. The van der Waals surface area contributed by atoms with Gasteiger partial charge in [-0.1, -0.05) is 0 Å². The largest absolute Gasteiger partial charge is 0.397 e. The van der Waals surface area contributed by atoms with Crippen LogP contribution in [0.2, 0.25) is 0 Å². The van der Waals surface area contributed by atoms with Gasteiger partial charge in [0.05, 0.1) is 26.1 Å². The molecular weight excluding hydrogens is 305 g/mol. The van der Waals surface area contributed by atoms with Crippen LogP contribution in [-0.2, 0) is 0 Å². The fourth-order valence-corrected chi connectivity index (χ4v) is 2.72. The van der Waals surface area contributed by atoms with Gasteiger partial charge in [-0.3, -0.25) is 0 Å². The van der Waals surface area contributed by atoms with Crippen molar-refractivity contribution in [1.29, 1.82) is 0 Å². The summed E-state index contributed by atoms with van der Waals surface area (Å²) in [7, 11) is 0. The third kappa shape index (κ3) is 1.73. The number of nitrogen functional groups attached to an aromatic ring is 1. The SMILES string of the molecule is Nc1ccsc1-c1nc2cc(Br)c(F)cc2[nH]1. The average molecular weight is 312 g/mol. The number of nitrogens with zero attached hydrogens (tertiary/aromatic N) is 1. The molecule has 0 fully saturated rings. The van der Waals surface area contributed by atoms with Crippen LogP contribution in [0.25, 0.3) is 21.7 Å². The molecule has 3 rings (SSSR count). The fourth-order valence-electron chi connectivity index (χ4n) is 1.62. The van der Waals surface area contributed by atoms with Gasteiger partial charge in [0.1, 0.15) is 5.82 Å². The van der Waals surface area contributed by atoms with Gasteiger partial charge < -0.3 is 10.7 Å². The van der Waals surface area contributed by atoms with E-state index in [0.29, 0.717) is 27.0 Å². The minimum Gasteiger partial charge on any atom is -0.397 e. The van der Waals surface area contributed by atoms with Crippen molar-refractivity contribution in [3.05, 3.63) is 33.9 Å². The van der Waals surface area contributed by atoms with Crippen LogP contribution in [-0.4, -0.2) is 9.97 Å². The summed E-state index contributed by atoms with van der Waals surface area (Å²) in [6.07, 6.45) is 0. The highest BCUT2D eigenvalue weighted by molar-refractivity contribution is 9.10. The maximum atomic E-state index is 13.4. The number of imidazole rings is 1. The molecule has 3 nitrogen and oxygen atoms in total. The van der Waals surface area contributed by atoms with Crippen molar-refractivity contribution in [2.24, 2.45) is 0 Å². The molecule has 0 aliphatic rings. The number of H-pyrrole nitrogens is 1. The van der Waals surface area contributed by atoms with E-state index in [4.69, 9.17) is 5.73 Å². The zero-order valence-electron chi connectivity index (χ0n) is 8.50. The van der Waals surface area contributed by atoms with Crippen LogP contribution in [0.3, 0.4) is 0 Å². The van der Waals surface area contributed by atoms with Crippen LogP contribution >= 0.6 is 27.3 Å². The lowest BCUT2D eigenvalue weighted by molar-refractivity contribution is 0.623. The average Bonchev–Trinajstić information content (AvgIpc) is 2.85. The molecule has 0 spiro atoms. The van der Waals surface area contributed by atoms with Crippen molar-refractivity contribution < 1.29 is 4.39 Å². The number of nitrogens with two attached hydrogens (primary N) is 1. The number of fused-ring (bicyclic) bond motifs is 1. The molecule has 0 aliphatic carbocycles. The van der Waals surface area contributed by atoms with E-state index in [2.05, 4.69) is 25.9 Å².